The maximum absolute atomic E-state index is 13.0. The quantitative estimate of drug-likeness (QED) is 0.589. The van der Waals surface area contributed by atoms with Crippen LogP contribution in [0.25, 0.3) is 0 Å². The molecule has 0 spiro atoms. The molecule has 1 aliphatic rings. The predicted molar refractivity (Wildman–Crippen MR) is 124 cm³/mol. The summed E-state index contributed by atoms with van der Waals surface area (Å²) >= 11 is 4.97. The molecule has 1 heterocycles. The van der Waals surface area contributed by atoms with Gasteiger partial charge in [0.25, 0.3) is 0 Å². The van der Waals surface area contributed by atoms with Crippen LogP contribution in [-0.2, 0) is 19.6 Å². The third-order valence-corrected chi connectivity index (χ3v) is 8.93. The number of benzene rings is 2. The van der Waals surface area contributed by atoms with Crippen LogP contribution in [-0.4, -0.2) is 50.7 Å². The standard InChI is InChI=1S/C21H25BrN2O4S2/c1-14-4-5-17(12-20(14)30(26,27)24-6-8-28-9-7-24)23-21(25)13-29-19-11-15(2)18(22)10-16(19)3/h4-5,10-12H,6-9,13H2,1-3H3,(H,23,25). The van der Waals surface area contributed by atoms with Crippen molar-refractivity contribution in [3.63, 3.8) is 0 Å². The van der Waals surface area contributed by atoms with Crippen molar-refractivity contribution in [2.45, 2.75) is 30.6 Å². The summed E-state index contributed by atoms with van der Waals surface area (Å²) in [6, 6.07) is 9.08. The summed E-state index contributed by atoms with van der Waals surface area (Å²) in [5.41, 5.74) is 3.33. The fourth-order valence-corrected chi connectivity index (χ4v) is 6.15. The maximum Gasteiger partial charge on any atom is 0.243 e. The average Bonchev–Trinajstić information content (AvgIpc) is 2.71. The largest absolute Gasteiger partial charge is 0.379 e. The molecule has 162 valence electrons. The van der Waals surface area contributed by atoms with Gasteiger partial charge in [0.15, 0.2) is 0 Å². The van der Waals surface area contributed by atoms with Crippen molar-refractivity contribution < 1.29 is 17.9 Å². The van der Waals surface area contributed by atoms with Crippen LogP contribution in [0.2, 0.25) is 0 Å². The molecular formula is C21H25BrN2O4S2. The Morgan fingerprint density at radius 3 is 2.50 bits per heavy atom. The highest BCUT2D eigenvalue weighted by Crippen LogP contribution is 2.29. The second-order valence-corrected chi connectivity index (χ2v) is 11.0. The molecule has 0 unspecified atom stereocenters. The molecule has 2 aromatic carbocycles. The van der Waals surface area contributed by atoms with E-state index < -0.39 is 10.0 Å². The molecule has 6 nitrogen and oxygen atoms in total. The Morgan fingerprint density at radius 2 is 1.80 bits per heavy atom. The number of hydrogen-bond donors (Lipinski definition) is 1. The summed E-state index contributed by atoms with van der Waals surface area (Å²) in [5.74, 6) is 0.0555. The normalized spacial score (nSPS) is 15.2. The number of halogens is 1. The minimum atomic E-state index is -3.63. The van der Waals surface area contributed by atoms with Gasteiger partial charge in [-0.25, -0.2) is 8.42 Å². The molecule has 30 heavy (non-hydrogen) atoms. The van der Waals surface area contributed by atoms with E-state index in [-0.39, 0.29) is 16.6 Å². The lowest BCUT2D eigenvalue weighted by Crippen LogP contribution is -2.40. The van der Waals surface area contributed by atoms with Crippen LogP contribution in [0.15, 0.2) is 44.6 Å². The highest BCUT2D eigenvalue weighted by molar-refractivity contribution is 9.10. The van der Waals surface area contributed by atoms with Crippen molar-refractivity contribution in [3.8, 4) is 0 Å². The first-order valence-corrected chi connectivity index (χ1v) is 12.8. The number of morpholine rings is 1. The lowest BCUT2D eigenvalue weighted by molar-refractivity contribution is -0.113. The minimum Gasteiger partial charge on any atom is -0.379 e. The first-order chi connectivity index (χ1) is 14.2. The zero-order chi connectivity index (χ0) is 21.9. The Labute approximate surface area is 190 Å². The number of ether oxygens (including phenoxy) is 1. The molecule has 3 rings (SSSR count). The molecule has 1 saturated heterocycles. The van der Waals surface area contributed by atoms with Crippen molar-refractivity contribution in [3.05, 3.63) is 51.5 Å². The third kappa shape index (κ3) is 5.45. The zero-order valence-corrected chi connectivity index (χ0v) is 20.4. The summed E-state index contributed by atoms with van der Waals surface area (Å²) in [6.45, 7) is 7.22. The smallest absolute Gasteiger partial charge is 0.243 e. The number of amides is 1. The van der Waals surface area contributed by atoms with Gasteiger partial charge >= 0.3 is 0 Å². The SMILES string of the molecule is Cc1cc(SCC(=O)Nc2ccc(C)c(S(=O)(=O)N3CCOCC3)c2)c(C)cc1Br. The van der Waals surface area contributed by atoms with E-state index in [0.717, 1.165) is 20.5 Å². The molecule has 0 aliphatic carbocycles. The first kappa shape index (κ1) is 23.3. The molecule has 0 radical (unpaired) electrons. The van der Waals surface area contributed by atoms with E-state index in [1.165, 1.54) is 22.1 Å². The summed E-state index contributed by atoms with van der Waals surface area (Å²) in [7, 11) is -3.63. The molecular weight excluding hydrogens is 488 g/mol. The topological polar surface area (TPSA) is 75.7 Å². The van der Waals surface area contributed by atoms with Gasteiger partial charge < -0.3 is 10.1 Å². The van der Waals surface area contributed by atoms with Gasteiger partial charge in [-0.05, 0) is 61.7 Å². The van der Waals surface area contributed by atoms with Crippen molar-refractivity contribution in [1.29, 1.82) is 0 Å². The summed E-state index contributed by atoms with van der Waals surface area (Å²) in [6.07, 6.45) is 0. The molecule has 1 fully saturated rings. The number of sulfonamides is 1. The van der Waals surface area contributed by atoms with Crippen molar-refractivity contribution in [2.24, 2.45) is 0 Å². The minimum absolute atomic E-state index is 0.182. The summed E-state index contributed by atoms with van der Waals surface area (Å²) in [5, 5.41) is 2.82. The summed E-state index contributed by atoms with van der Waals surface area (Å²) < 4.78 is 33.7. The van der Waals surface area contributed by atoms with E-state index >= 15 is 0 Å². The Hall–Kier alpha value is -1.39. The van der Waals surface area contributed by atoms with Crippen LogP contribution >= 0.6 is 27.7 Å². The number of thioether (sulfide) groups is 1. The van der Waals surface area contributed by atoms with E-state index in [0.29, 0.717) is 37.6 Å². The van der Waals surface area contributed by atoms with E-state index in [2.05, 4.69) is 27.3 Å². The number of aryl methyl sites for hydroxylation is 3. The van der Waals surface area contributed by atoms with Gasteiger partial charge in [0, 0.05) is 28.1 Å². The molecule has 0 bridgehead atoms. The molecule has 9 heteroatoms. The molecule has 1 amide bonds. The number of nitrogens with zero attached hydrogens (tertiary/aromatic N) is 1. The number of rotatable bonds is 6. The van der Waals surface area contributed by atoms with Crippen LogP contribution in [0.1, 0.15) is 16.7 Å². The molecule has 0 aromatic heterocycles. The van der Waals surface area contributed by atoms with Crippen LogP contribution < -0.4 is 5.32 Å². The monoisotopic (exact) mass is 512 g/mol. The van der Waals surface area contributed by atoms with Gasteiger partial charge in [-0.1, -0.05) is 22.0 Å². The molecule has 2 aromatic rings. The Balaban J connectivity index is 1.70. The van der Waals surface area contributed by atoms with Crippen LogP contribution in [0.3, 0.4) is 0 Å². The van der Waals surface area contributed by atoms with Gasteiger partial charge in [-0.2, -0.15) is 4.31 Å². The third-order valence-electron chi connectivity index (χ3n) is 4.87. The lowest BCUT2D eigenvalue weighted by Gasteiger charge is -2.26. The fourth-order valence-electron chi connectivity index (χ4n) is 3.13. The molecule has 0 atom stereocenters. The van der Waals surface area contributed by atoms with Gasteiger partial charge in [-0.3, -0.25) is 4.79 Å². The molecule has 1 aliphatic heterocycles. The Bertz CT molecular complexity index is 1050. The highest BCUT2D eigenvalue weighted by atomic mass is 79.9. The first-order valence-electron chi connectivity index (χ1n) is 9.56. The second kappa shape index (κ2) is 9.82. The molecule has 0 saturated carbocycles. The fraction of sp³-hybridized carbons (Fsp3) is 0.381. The number of carbonyl (C=O) groups excluding carboxylic acids is 1. The Kier molecular flexibility index (Phi) is 7.62. The number of nitrogens with one attached hydrogen (secondary N) is 1. The van der Waals surface area contributed by atoms with E-state index in [4.69, 9.17) is 4.74 Å². The van der Waals surface area contributed by atoms with Gasteiger partial charge in [0.2, 0.25) is 15.9 Å². The number of carbonyl (C=O) groups is 1. The van der Waals surface area contributed by atoms with E-state index in [9.17, 15) is 13.2 Å². The van der Waals surface area contributed by atoms with Crippen molar-refractivity contribution in [2.75, 3.05) is 37.4 Å². The van der Waals surface area contributed by atoms with E-state index in [1.54, 1.807) is 19.1 Å². The van der Waals surface area contributed by atoms with Crippen molar-refractivity contribution >= 4 is 49.3 Å². The lowest BCUT2D eigenvalue weighted by atomic mass is 10.2. The van der Waals surface area contributed by atoms with E-state index in [1.807, 2.05) is 19.9 Å². The van der Waals surface area contributed by atoms with Crippen molar-refractivity contribution in [1.82, 2.24) is 4.31 Å². The van der Waals surface area contributed by atoms with Crippen LogP contribution in [0, 0.1) is 20.8 Å². The number of hydrogen-bond acceptors (Lipinski definition) is 5. The van der Waals surface area contributed by atoms with Gasteiger partial charge in [0.1, 0.15) is 0 Å². The average molecular weight is 513 g/mol. The predicted octanol–water partition coefficient (Wildman–Crippen LogP) is 4.13. The maximum atomic E-state index is 13.0. The van der Waals surface area contributed by atoms with Crippen LogP contribution in [0.4, 0.5) is 5.69 Å². The highest BCUT2D eigenvalue weighted by Gasteiger charge is 2.28. The van der Waals surface area contributed by atoms with Gasteiger partial charge in [0.05, 0.1) is 23.9 Å². The molecule has 1 N–H and O–H groups in total. The second-order valence-electron chi connectivity index (χ2n) is 7.20. The summed E-state index contributed by atoms with van der Waals surface area (Å²) in [4.78, 5) is 13.7. The zero-order valence-electron chi connectivity index (χ0n) is 17.2. The number of anilines is 1. The van der Waals surface area contributed by atoms with Gasteiger partial charge in [-0.15, -0.1) is 11.8 Å². The van der Waals surface area contributed by atoms with Crippen LogP contribution in [0.5, 0.6) is 0 Å². The Morgan fingerprint density at radius 1 is 1.10 bits per heavy atom.